The molecular weight excluding hydrogens is 288 g/mol. The zero-order valence-electron chi connectivity index (χ0n) is 10.5. The van der Waals surface area contributed by atoms with Crippen molar-refractivity contribution in [2.45, 2.75) is 30.2 Å². The second kappa shape index (κ2) is 5.42. The number of H-pyrrole nitrogens is 1. The molecule has 1 aromatic rings. The van der Waals surface area contributed by atoms with Crippen molar-refractivity contribution < 1.29 is 14.9 Å². The van der Waals surface area contributed by atoms with Gasteiger partial charge in [0.25, 0.3) is 5.56 Å². The highest BCUT2D eigenvalue weighted by atomic mass is 35.5. The fourth-order valence-electron chi connectivity index (χ4n) is 2.11. The fraction of sp³-hybridized carbons (Fsp3) is 0.500. The maximum Gasteiger partial charge on any atom is 0.330 e. The monoisotopic (exact) mass is 300 g/mol. The Morgan fingerprint density at radius 2 is 2.30 bits per heavy atom. The number of halogens is 1. The van der Waals surface area contributed by atoms with Crippen molar-refractivity contribution in [2.75, 3.05) is 6.61 Å². The summed E-state index contributed by atoms with van der Waals surface area (Å²) in [5.74, 6) is 5.17. The Morgan fingerprint density at radius 3 is 2.85 bits per heavy atom. The number of ether oxygens (including phenoxy) is 1. The van der Waals surface area contributed by atoms with Crippen molar-refractivity contribution in [3.05, 3.63) is 33.1 Å². The van der Waals surface area contributed by atoms with E-state index < -0.39 is 41.2 Å². The van der Waals surface area contributed by atoms with E-state index in [0.29, 0.717) is 0 Å². The quantitative estimate of drug-likeness (QED) is 0.469. The Balaban J connectivity index is 2.55. The van der Waals surface area contributed by atoms with E-state index >= 15 is 0 Å². The number of aliphatic hydroxyl groups excluding tert-OH is 2. The summed E-state index contributed by atoms with van der Waals surface area (Å²) in [5, 5.41) is 19.3. The smallest absolute Gasteiger partial charge is 0.330 e. The first kappa shape index (κ1) is 14.8. The van der Waals surface area contributed by atoms with Gasteiger partial charge in [-0.1, -0.05) is 17.5 Å². The molecular formula is C12H13ClN2O5. The molecule has 0 bridgehead atoms. The van der Waals surface area contributed by atoms with Gasteiger partial charge in [0.1, 0.15) is 12.2 Å². The molecule has 1 fully saturated rings. The minimum Gasteiger partial charge on any atom is -0.394 e. The highest BCUT2D eigenvalue weighted by Crippen LogP contribution is 2.42. The van der Waals surface area contributed by atoms with Crippen LogP contribution in [0.3, 0.4) is 0 Å². The van der Waals surface area contributed by atoms with Crippen LogP contribution in [0.25, 0.3) is 0 Å². The van der Waals surface area contributed by atoms with Crippen LogP contribution in [0.2, 0.25) is 0 Å². The molecule has 8 heteroatoms. The zero-order chi connectivity index (χ0) is 14.9. The molecule has 0 aromatic carbocycles. The number of hydrogen-bond donors (Lipinski definition) is 3. The number of aromatic amines is 1. The lowest BCUT2D eigenvalue weighted by Crippen LogP contribution is -2.44. The molecule has 1 unspecified atom stereocenters. The van der Waals surface area contributed by atoms with Crippen LogP contribution >= 0.6 is 11.6 Å². The number of nitrogens with zero attached hydrogens (tertiary/aromatic N) is 1. The van der Waals surface area contributed by atoms with E-state index in [1.807, 2.05) is 0 Å². The molecule has 1 aromatic heterocycles. The van der Waals surface area contributed by atoms with Gasteiger partial charge in [0.05, 0.1) is 6.61 Å². The first-order valence-electron chi connectivity index (χ1n) is 5.82. The van der Waals surface area contributed by atoms with E-state index in [0.717, 1.165) is 10.6 Å². The number of aromatic nitrogens is 2. The van der Waals surface area contributed by atoms with Crippen LogP contribution in [-0.2, 0) is 4.74 Å². The summed E-state index contributed by atoms with van der Waals surface area (Å²) in [7, 11) is 0. The van der Waals surface area contributed by atoms with E-state index in [2.05, 4.69) is 16.8 Å². The molecule has 7 nitrogen and oxygen atoms in total. The van der Waals surface area contributed by atoms with Gasteiger partial charge in [-0.15, -0.1) is 5.92 Å². The Hall–Kier alpha value is -1.59. The lowest BCUT2D eigenvalue weighted by Gasteiger charge is -2.25. The van der Waals surface area contributed by atoms with Crippen LogP contribution in [-0.4, -0.2) is 43.5 Å². The molecule has 2 rings (SSSR count). The van der Waals surface area contributed by atoms with Gasteiger partial charge in [0.15, 0.2) is 11.1 Å². The Bertz CT molecular complexity index is 673. The predicted molar refractivity (Wildman–Crippen MR) is 70.4 cm³/mol. The average Bonchev–Trinajstić information content (AvgIpc) is 2.63. The topological polar surface area (TPSA) is 105 Å². The average molecular weight is 301 g/mol. The van der Waals surface area contributed by atoms with Crippen molar-refractivity contribution in [2.24, 2.45) is 0 Å². The van der Waals surface area contributed by atoms with Crippen LogP contribution in [0.5, 0.6) is 0 Å². The minimum absolute atomic E-state index is 0.477. The van der Waals surface area contributed by atoms with Crippen LogP contribution in [0.1, 0.15) is 13.2 Å². The van der Waals surface area contributed by atoms with E-state index in [9.17, 15) is 19.8 Å². The van der Waals surface area contributed by atoms with Crippen molar-refractivity contribution in [3.8, 4) is 11.8 Å². The molecule has 1 saturated heterocycles. The maximum atomic E-state index is 11.8. The van der Waals surface area contributed by atoms with Crippen LogP contribution in [0.4, 0.5) is 0 Å². The summed E-state index contributed by atoms with van der Waals surface area (Å²) in [4.78, 5) is 23.3. The second-order valence-corrected chi connectivity index (χ2v) is 4.94. The molecule has 1 aliphatic rings. The van der Waals surface area contributed by atoms with Crippen LogP contribution in [0.15, 0.2) is 21.9 Å². The highest BCUT2D eigenvalue weighted by Gasteiger charge is 2.55. The summed E-state index contributed by atoms with van der Waals surface area (Å²) >= 11 is 6.30. The largest absolute Gasteiger partial charge is 0.394 e. The standard InChI is InChI=1S/C12H13ClN2O5/c1-2-4-12(13)9(18)7(6-16)20-10(12)15-5-3-8(17)14-11(15)19/h3,5,7,9-10,16,18H,6H2,1H3,(H,14,17,19)/t7-,9?,10-,12-/m1/s1. The first-order valence-corrected chi connectivity index (χ1v) is 6.20. The Kier molecular flexibility index (Phi) is 4.01. The van der Waals surface area contributed by atoms with Crippen molar-refractivity contribution >= 4 is 11.6 Å². The van der Waals surface area contributed by atoms with Crippen molar-refractivity contribution in [1.82, 2.24) is 9.55 Å². The van der Waals surface area contributed by atoms with E-state index in [4.69, 9.17) is 16.3 Å². The van der Waals surface area contributed by atoms with Crippen LogP contribution in [0, 0.1) is 11.8 Å². The van der Waals surface area contributed by atoms with E-state index in [1.54, 1.807) is 0 Å². The third kappa shape index (κ3) is 2.27. The van der Waals surface area contributed by atoms with Gasteiger partial charge in [0, 0.05) is 12.3 Å². The summed E-state index contributed by atoms with van der Waals surface area (Å²) < 4.78 is 6.43. The molecule has 0 saturated carbocycles. The molecule has 0 aliphatic carbocycles. The van der Waals surface area contributed by atoms with E-state index in [1.165, 1.54) is 13.1 Å². The third-order valence-electron chi connectivity index (χ3n) is 3.05. The van der Waals surface area contributed by atoms with Gasteiger partial charge in [-0.25, -0.2) is 4.79 Å². The summed E-state index contributed by atoms with van der Waals surface area (Å²) in [6.07, 6.45) is -2.19. The summed E-state index contributed by atoms with van der Waals surface area (Å²) in [5.41, 5.74) is -1.30. The summed E-state index contributed by atoms with van der Waals surface area (Å²) in [6, 6.07) is 1.13. The normalized spacial score (nSPS) is 32.7. The molecule has 0 spiro atoms. The molecule has 20 heavy (non-hydrogen) atoms. The van der Waals surface area contributed by atoms with Gasteiger partial charge < -0.3 is 14.9 Å². The van der Waals surface area contributed by atoms with Crippen molar-refractivity contribution in [1.29, 1.82) is 0 Å². The maximum absolute atomic E-state index is 11.8. The molecule has 3 N–H and O–H groups in total. The molecule has 0 radical (unpaired) electrons. The lowest BCUT2D eigenvalue weighted by molar-refractivity contribution is -0.0464. The number of nitrogens with one attached hydrogen (secondary N) is 1. The summed E-state index contributed by atoms with van der Waals surface area (Å²) in [6.45, 7) is 1.05. The Morgan fingerprint density at radius 1 is 1.60 bits per heavy atom. The molecule has 108 valence electrons. The van der Waals surface area contributed by atoms with Gasteiger partial charge >= 0.3 is 5.69 Å². The number of hydrogen-bond acceptors (Lipinski definition) is 5. The number of aliphatic hydroxyl groups is 2. The number of rotatable bonds is 2. The zero-order valence-corrected chi connectivity index (χ0v) is 11.3. The number of alkyl halides is 1. The molecule has 0 amide bonds. The minimum atomic E-state index is -1.59. The SMILES string of the molecule is CC#C[C@@]1(Cl)C(O)[C@@H](CO)O[C@H]1n1ccc(=O)[nH]c1=O. The molecule has 2 heterocycles. The van der Waals surface area contributed by atoms with Gasteiger partial charge in [-0.2, -0.15) is 0 Å². The third-order valence-corrected chi connectivity index (χ3v) is 3.55. The highest BCUT2D eigenvalue weighted by molar-refractivity contribution is 6.27. The van der Waals surface area contributed by atoms with Gasteiger partial charge in [-0.05, 0) is 6.92 Å². The van der Waals surface area contributed by atoms with Crippen molar-refractivity contribution in [3.63, 3.8) is 0 Å². The van der Waals surface area contributed by atoms with Gasteiger partial charge in [-0.3, -0.25) is 14.3 Å². The van der Waals surface area contributed by atoms with E-state index in [-0.39, 0.29) is 0 Å². The molecule has 1 aliphatic heterocycles. The first-order chi connectivity index (χ1) is 9.43. The predicted octanol–water partition coefficient (Wildman–Crippen LogP) is -1.21. The van der Waals surface area contributed by atoms with Crippen LogP contribution < -0.4 is 11.2 Å². The van der Waals surface area contributed by atoms with Gasteiger partial charge in [0.2, 0.25) is 0 Å². The lowest BCUT2D eigenvalue weighted by atomic mass is 9.99. The fourth-order valence-corrected chi connectivity index (χ4v) is 2.50. The molecule has 4 atom stereocenters. The second-order valence-electron chi connectivity index (χ2n) is 4.31. The Labute approximate surface area is 118 Å².